The average Bonchev–Trinajstić information content (AvgIpc) is 2.55. The molecular formula is C15H9ClF3N3. The van der Waals surface area contributed by atoms with E-state index >= 15 is 0 Å². The molecule has 112 valence electrons. The van der Waals surface area contributed by atoms with Gasteiger partial charge >= 0.3 is 0 Å². The molecule has 0 atom stereocenters. The summed E-state index contributed by atoms with van der Waals surface area (Å²) >= 11 is 5.30. The van der Waals surface area contributed by atoms with Crippen LogP contribution in [0, 0.1) is 17.5 Å². The quantitative estimate of drug-likeness (QED) is 0.576. The minimum Gasteiger partial charge on any atom is -0.365 e. The van der Waals surface area contributed by atoms with Gasteiger partial charge in [-0.25, -0.2) is 18.2 Å². The van der Waals surface area contributed by atoms with Crippen molar-refractivity contribution in [3.63, 3.8) is 0 Å². The van der Waals surface area contributed by atoms with Crippen molar-refractivity contribution in [3.05, 3.63) is 64.6 Å². The summed E-state index contributed by atoms with van der Waals surface area (Å²) in [6, 6.07) is 8.07. The molecule has 22 heavy (non-hydrogen) atoms. The Bertz CT molecular complexity index is 855. The second-order valence-electron chi connectivity index (χ2n) is 4.56. The predicted octanol–water partition coefficient (Wildman–Crippen LogP) is 4.31. The van der Waals surface area contributed by atoms with Crippen LogP contribution in [0.1, 0.15) is 5.56 Å². The van der Waals surface area contributed by atoms with E-state index in [0.717, 1.165) is 6.07 Å². The number of fused-ring (bicyclic) bond motifs is 1. The van der Waals surface area contributed by atoms with Crippen LogP contribution in [0.2, 0.25) is 5.02 Å². The lowest BCUT2D eigenvalue weighted by Gasteiger charge is -2.09. The third kappa shape index (κ3) is 2.69. The monoisotopic (exact) mass is 323 g/mol. The minimum atomic E-state index is -1.40. The van der Waals surface area contributed by atoms with Crippen LogP contribution in [-0.4, -0.2) is 9.97 Å². The minimum absolute atomic E-state index is 0.149. The summed E-state index contributed by atoms with van der Waals surface area (Å²) in [5.41, 5.74) is 1.18. The van der Waals surface area contributed by atoms with Gasteiger partial charge in [-0.1, -0.05) is 23.7 Å². The molecule has 0 saturated carbocycles. The van der Waals surface area contributed by atoms with Crippen LogP contribution in [0.3, 0.4) is 0 Å². The van der Waals surface area contributed by atoms with E-state index in [-0.39, 0.29) is 12.1 Å². The maximum Gasteiger partial charge on any atom is 0.180 e. The standard InChI is InChI=1S/C15H9ClF3N3/c16-13-9(17)5-8(14(18)15(13)19)6-21-12-7-20-10-3-1-2-4-11(10)22-12/h1-5,7H,6H2,(H,21,22). The Labute approximate surface area is 128 Å². The summed E-state index contributed by atoms with van der Waals surface area (Å²) in [5.74, 6) is -3.23. The lowest BCUT2D eigenvalue weighted by molar-refractivity contribution is 0.487. The Morgan fingerprint density at radius 2 is 1.77 bits per heavy atom. The first kappa shape index (κ1) is 14.6. The van der Waals surface area contributed by atoms with E-state index in [2.05, 4.69) is 15.3 Å². The van der Waals surface area contributed by atoms with Gasteiger partial charge in [0.1, 0.15) is 16.7 Å². The Hall–Kier alpha value is -2.34. The molecule has 0 fully saturated rings. The number of para-hydroxylation sites is 2. The number of nitrogens with zero attached hydrogens (tertiary/aromatic N) is 2. The van der Waals surface area contributed by atoms with Crippen LogP contribution in [0.25, 0.3) is 11.0 Å². The van der Waals surface area contributed by atoms with Gasteiger partial charge in [0.2, 0.25) is 0 Å². The van der Waals surface area contributed by atoms with E-state index in [1.54, 1.807) is 12.1 Å². The number of aromatic nitrogens is 2. The molecule has 1 aromatic heterocycles. The molecule has 0 aliphatic heterocycles. The summed E-state index contributed by atoms with van der Waals surface area (Å²) < 4.78 is 40.4. The van der Waals surface area contributed by atoms with E-state index < -0.39 is 22.5 Å². The van der Waals surface area contributed by atoms with E-state index in [1.807, 2.05) is 12.1 Å². The lowest BCUT2D eigenvalue weighted by Crippen LogP contribution is -2.06. The largest absolute Gasteiger partial charge is 0.365 e. The van der Waals surface area contributed by atoms with Gasteiger partial charge in [-0.3, -0.25) is 4.98 Å². The van der Waals surface area contributed by atoms with E-state index in [9.17, 15) is 13.2 Å². The zero-order valence-corrected chi connectivity index (χ0v) is 11.8. The third-order valence-corrected chi connectivity index (χ3v) is 3.43. The molecule has 0 bridgehead atoms. The van der Waals surface area contributed by atoms with Crippen molar-refractivity contribution in [1.82, 2.24) is 9.97 Å². The highest BCUT2D eigenvalue weighted by atomic mass is 35.5. The normalized spacial score (nSPS) is 10.9. The summed E-state index contributed by atoms with van der Waals surface area (Å²) in [5, 5.41) is 1.92. The molecule has 1 N–H and O–H groups in total. The van der Waals surface area contributed by atoms with Crippen LogP contribution in [0.5, 0.6) is 0 Å². The van der Waals surface area contributed by atoms with Crippen molar-refractivity contribution in [2.45, 2.75) is 6.54 Å². The Balaban J connectivity index is 1.85. The first-order valence-corrected chi connectivity index (χ1v) is 6.71. The summed E-state index contributed by atoms with van der Waals surface area (Å²) in [4.78, 5) is 8.45. The van der Waals surface area contributed by atoms with Gasteiger partial charge in [0.15, 0.2) is 11.6 Å². The number of benzene rings is 2. The van der Waals surface area contributed by atoms with Crippen molar-refractivity contribution >= 4 is 28.5 Å². The molecule has 0 saturated heterocycles. The van der Waals surface area contributed by atoms with Gasteiger partial charge in [0.25, 0.3) is 0 Å². The van der Waals surface area contributed by atoms with Gasteiger partial charge < -0.3 is 5.32 Å². The number of rotatable bonds is 3. The number of nitrogens with one attached hydrogen (secondary N) is 1. The predicted molar refractivity (Wildman–Crippen MR) is 78.2 cm³/mol. The first-order chi connectivity index (χ1) is 10.6. The van der Waals surface area contributed by atoms with E-state index in [0.29, 0.717) is 16.9 Å². The third-order valence-electron chi connectivity index (χ3n) is 3.09. The highest BCUT2D eigenvalue weighted by Crippen LogP contribution is 2.24. The van der Waals surface area contributed by atoms with Crippen molar-refractivity contribution in [2.75, 3.05) is 5.32 Å². The van der Waals surface area contributed by atoms with Crippen molar-refractivity contribution in [3.8, 4) is 0 Å². The summed E-state index contributed by atoms with van der Waals surface area (Å²) in [7, 11) is 0. The van der Waals surface area contributed by atoms with E-state index in [4.69, 9.17) is 11.6 Å². The Morgan fingerprint density at radius 3 is 2.55 bits per heavy atom. The average molecular weight is 324 g/mol. The highest BCUT2D eigenvalue weighted by Gasteiger charge is 2.17. The molecule has 0 radical (unpaired) electrons. The molecule has 0 aliphatic carbocycles. The van der Waals surface area contributed by atoms with Crippen molar-refractivity contribution in [2.24, 2.45) is 0 Å². The van der Waals surface area contributed by atoms with Crippen LogP contribution in [-0.2, 0) is 6.54 Å². The molecule has 0 spiro atoms. The number of hydrogen-bond donors (Lipinski definition) is 1. The molecule has 2 aromatic carbocycles. The Kier molecular flexibility index (Phi) is 3.85. The molecule has 7 heteroatoms. The molecule has 3 aromatic rings. The van der Waals surface area contributed by atoms with Crippen LogP contribution >= 0.6 is 11.6 Å². The topological polar surface area (TPSA) is 37.8 Å². The van der Waals surface area contributed by atoms with Crippen molar-refractivity contribution < 1.29 is 13.2 Å². The lowest BCUT2D eigenvalue weighted by atomic mass is 10.2. The molecule has 0 amide bonds. The fraction of sp³-hybridized carbons (Fsp3) is 0.0667. The zero-order valence-electron chi connectivity index (χ0n) is 11.1. The fourth-order valence-electron chi connectivity index (χ4n) is 1.98. The smallest absolute Gasteiger partial charge is 0.180 e. The molecule has 3 nitrogen and oxygen atoms in total. The maximum atomic E-state index is 13.7. The first-order valence-electron chi connectivity index (χ1n) is 6.34. The number of anilines is 1. The van der Waals surface area contributed by atoms with Crippen LogP contribution in [0.4, 0.5) is 19.0 Å². The number of hydrogen-bond acceptors (Lipinski definition) is 3. The van der Waals surface area contributed by atoms with Gasteiger partial charge in [0, 0.05) is 12.1 Å². The van der Waals surface area contributed by atoms with Gasteiger partial charge in [-0.15, -0.1) is 0 Å². The second kappa shape index (κ2) is 5.81. The molecule has 0 unspecified atom stereocenters. The van der Waals surface area contributed by atoms with E-state index in [1.165, 1.54) is 6.20 Å². The van der Waals surface area contributed by atoms with Gasteiger partial charge in [-0.05, 0) is 18.2 Å². The fourth-order valence-corrected chi connectivity index (χ4v) is 2.12. The molecule has 1 heterocycles. The van der Waals surface area contributed by atoms with Crippen LogP contribution < -0.4 is 5.32 Å². The zero-order chi connectivity index (χ0) is 15.7. The van der Waals surface area contributed by atoms with Gasteiger partial charge in [0.05, 0.1) is 17.2 Å². The molecular weight excluding hydrogens is 315 g/mol. The van der Waals surface area contributed by atoms with Crippen LogP contribution in [0.15, 0.2) is 36.5 Å². The highest BCUT2D eigenvalue weighted by molar-refractivity contribution is 6.30. The van der Waals surface area contributed by atoms with Gasteiger partial charge in [-0.2, -0.15) is 0 Å². The molecule has 0 aliphatic rings. The molecule has 3 rings (SSSR count). The van der Waals surface area contributed by atoms with Crippen molar-refractivity contribution in [1.29, 1.82) is 0 Å². The summed E-state index contributed by atoms with van der Waals surface area (Å²) in [6.45, 7) is -0.149. The maximum absolute atomic E-state index is 13.7. The SMILES string of the molecule is Fc1cc(CNc2cnc3ccccc3n2)c(F)c(F)c1Cl. The number of halogens is 4. The summed E-state index contributed by atoms with van der Waals surface area (Å²) in [6.07, 6.45) is 1.46. The Morgan fingerprint density at radius 1 is 1.05 bits per heavy atom. The second-order valence-corrected chi connectivity index (χ2v) is 4.93.